The Morgan fingerprint density at radius 2 is 1.90 bits per heavy atom. The van der Waals surface area contributed by atoms with Crippen molar-refractivity contribution < 1.29 is 19.8 Å². The van der Waals surface area contributed by atoms with Crippen LogP contribution in [0, 0.1) is 0 Å². The molecule has 0 spiro atoms. The zero-order valence-corrected chi connectivity index (χ0v) is 11.0. The van der Waals surface area contributed by atoms with Gasteiger partial charge in [0, 0.05) is 19.0 Å². The van der Waals surface area contributed by atoms with Crippen LogP contribution >= 0.6 is 0 Å². The molecule has 2 unspecified atom stereocenters. The normalized spacial score (nSPS) is 22.8. The Kier molecular flexibility index (Phi) is 4.70. The van der Waals surface area contributed by atoms with Crippen molar-refractivity contribution in [2.75, 3.05) is 13.1 Å². The van der Waals surface area contributed by atoms with Crippen LogP contribution in [0.3, 0.4) is 0 Å². The first kappa shape index (κ1) is 14.5. The van der Waals surface area contributed by atoms with Gasteiger partial charge >= 0.3 is 11.9 Å². The number of carboxylic acid groups (broad SMARTS) is 2. The maximum atomic E-state index is 10.9. The van der Waals surface area contributed by atoms with Gasteiger partial charge in [0.2, 0.25) is 0 Å². The second-order valence-corrected chi connectivity index (χ2v) is 4.99. The number of hydrogen-bond donors (Lipinski definition) is 3. The van der Waals surface area contributed by atoms with Crippen LogP contribution in [0.15, 0.2) is 30.3 Å². The molecule has 20 heavy (non-hydrogen) atoms. The van der Waals surface area contributed by atoms with Gasteiger partial charge in [-0.15, -0.1) is 0 Å². The Labute approximate surface area is 117 Å². The topological polar surface area (TPSA) is 89.9 Å². The fourth-order valence-corrected chi connectivity index (χ4v) is 2.55. The third-order valence-electron chi connectivity index (χ3n) is 3.36. The first-order valence-electron chi connectivity index (χ1n) is 6.52. The molecule has 0 amide bonds. The lowest BCUT2D eigenvalue weighted by molar-refractivity contribution is -0.138. The van der Waals surface area contributed by atoms with Gasteiger partial charge in [-0.3, -0.25) is 19.8 Å². The van der Waals surface area contributed by atoms with Crippen LogP contribution in [0.25, 0.3) is 0 Å². The fraction of sp³-hybridized carbons (Fsp3) is 0.429. The third kappa shape index (κ3) is 4.04. The molecule has 1 heterocycles. The molecule has 2 atom stereocenters. The zero-order chi connectivity index (χ0) is 14.5. The average molecular weight is 278 g/mol. The summed E-state index contributed by atoms with van der Waals surface area (Å²) < 4.78 is 0. The van der Waals surface area contributed by atoms with Gasteiger partial charge < -0.3 is 10.2 Å². The summed E-state index contributed by atoms with van der Waals surface area (Å²) >= 11 is 0. The van der Waals surface area contributed by atoms with Crippen molar-refractivity contribution in [3.63, 3.8) is 0 Å². The summed E-state index contributed by atoms with van der Waals surface area (Å²) in [6, 6.07) is 9.53. The standard InChI is InChI=1S/C14H18N2O4/c17-13(18)7-11-8-16(9-14(19)20)12(15-11)6-10-4-2-1-3-5-10/h1-5,11-12,15H,6-9H2,(H,17,18)(H,19,20). The van der Waals surface area contributed by atoms with E-state index < -0.39 is 11.9 Å². The number of aliphatic carboxylic acids is 2. The van der Waals surface area contributed by atoms with Crippen molar-refractivity contribution >= 4 is 11.9 Å². The Hall–Kier alpha value is -1.92. The van der Waals surface area contributed by atoms with Gasteiger partial charge in [0.25, 0.3) is 0 Å². The van der Waals surface area contributed by atoms with Crippen molar-refractivity contribution in [3.05, 3.63) is 35.9 Å². The molecule has 1 aromatic rings. The molecule has 0 aromatic heterocycles. The zero-order valence-electron chi connectivity index (χ0n) is 11.0. The van der Waals surface area contributed by atoms with Gasteiger partial charge in [-0.1, -0.05) is 30.3 Å². The van der Waals surface area contributed by atoms with E-state index >= 15 is 0 Å². The molecule has 1 saturated heterocycles. The minimum atomic E-state index is -0.902. The maximum Gasteiger partial charge on any atom is 0.317 e. The van der Waals surface area contributed by atoms with E-state index in [1.165, 1.54) is 0 Å². The molecule has 0 saturated carbocycles. The quantitative estimate of drug-likeness (QED) is 0.697. The van der Waals surface area contributed by atoms with Crippen LogP contribution in [-0.4, -0.2) is 52.3 Å². The average Bonchev–Trinajstić information content (AvgIpc) is 2.70. The molecule has 3 N–H and O–H groups in total. The molecular weight excluding hydrogens is 260 g/mol. The molecule has 1 aliphatic rings. The highest BCUT2D eigenvalue weighted by Gasteiger charge is 2.33. The largest absolute Gasteiger partial charge is 0.481 e. The molecule has 0 aliphatic carbocycles. The van der Waals surface area contributed by atoms with Crippen LogP contribution in [0.4, 0.5) is 0 Å². The number of rotatable bonds is 6. The van der Waals surface area contributed by atoms with E-state index in [-0.39, 0.29) is 25.2 Å². The van der Waals surface area contributed by atoms with E-state index in [0.717, 1.165) is 5.56 Å². The van der Waals surface area contributed by atoms with E-state index in [1.54, 1.807) is 4.90 Å². The highest BCUT2D eigenvalue weighted by Crippen LogP contribution is 2.15. The van der Waals surface area contributed by atoms with Gasteiger partial charge in [-0.25, -0.2) is 0 Å². The van der Waals surface area contributed by atoms with Gasteiger partial charge in [-0.2, -0.15) is 0 Å². The van der Waals surface area contributed by atoms with E-state index in [4.69, 9.17) is 10.2 Å². The predicted molar refractivity (Wildman–Crippen MR) is 72.3 cm³/mol. The third-order valence-corrected chi connectivity index (χ3v) is 3.36. The minimum Gasteiger partial charge on any atom is -0.481 e. The Balaban J connectivity index is 2.03. The highest BCUT2D eigenvalue weighted by atomic mass is 16.4. The molecule has 6 heteroatoms. The smallest absolute Gasteiger partial charge is 0.317 e. The van der Waals surface area contributed by atoms with Gasteiger partial charge in [0.1, 0.15) is 0 Å². The van der Waals surface area contributed by atoms with E-state index in [2.05, 4.69) is 5.32 Å². The highest BCUT2D eigenvalue weighted by molar-refractivity contribution is 5.69. The molecule has 1 aliphatic heterocycles. The number of nitrogens with one attached hydrogen (secondary N) is 1. The Bertz CT molecular complexity index is 477. The summed E-state index contributed by atoms with van der Waals surface area (Å²) in [5.74, 6) is -1.78. The van der Waals surface area contributed by atoms with Crippen LogP contribution < -0.4 is 5.32 Å². The summed E-state index contributed by atoms with van der Waals surface area (Å²) in [6.07, 6.45) is 0.518. The molecule has 1 fully saturated rings. The molecule has 1 aromatic carbocycles. The van der Waals surface area contributed by atoms with E-state index in [1.807, 2.05) is 30.3 Å². The number of nitrogens with zero attached hydrogens (tertiary/aromatic N) is 1. The van der Waals surface area contributed by atoms with Gasteiger partial charge in [0.15, 0.2) is 0 Å². The second-order valence-electron chi connectivity index (χ2n) is 4.99. The first-order valence-corrected chi connectivity index (χ1v) is 6.52. The van der Waals surface area contributed by atoms with Crippen LogP contribution in [0.1, 0.15) is 12.0 Å². The lowest BCUT2D eigenvalue weighted by Crippen LogP contribution is -2.40. The van der Waals surface area contributed by atoms with Crippen molar-refractivity contribution in [2.24, 2.45) is 0 Å². The van der Waals surface area contributed by atoms with Crippen LogP contribution in [0.2, 0.25) is 0 Å². The van der Waals surface area contributed by atoms with Gasteiger partial charge in [0.05, 0.1) is 19.1 Å². The predicted octanol–water partition coefficient (Wildman–Crippen LogP) is 0.388. The summed E-state index contributed by atoms with van der Waals surface area (Å²) in [7, 11) is 0. The van der Waals surface area contributed by atoms with Crippen molar-refractivity contribution in [1.82, 2.24) is 10.2 Å². The molecule has 6 nitrogen and oxygen atoms in total. The lowest BCUT2D eigenvalue weighted by atomic mass is 10.1. The first-order chi connectivity index (χ1) is 9.54. The summed E-state index contributed by atoms with van der Waals surface area (Å²) in [5.41, 5.74) is 1.09. The fourth-order valence-electron chi connectivity index (χ4n) is 2.55. The van der Waals surface area contributed by atoms with E-state index in [9.17, 15) is 9.59 Å². The molecule has 2 rings (SSSR count). The summed E-state index contributed by atoms with van der Waals surface area (Å²) in [6.45, 7) is 0.358. The number of benzene rings is 1. The minimum absolute atomic E-state index is 0.00140. The monoisotopic (exact) mass is 278 g/mol. The van der Waals surface area contributed by atoms with Crippen molar-refractivity contribution in [1.29, 1.82) is 0 Å². The Morgan fingerprint density at radius 1 is 1.20 bits per heavy atom. The van der Waals surface area contributed by atoms with Crippen LogP contribution in [0.5, 0.6) is 0 Å². The lowest BCUT2D eigenvalue weighted by Gasteiger charge is -2.22. The number of carbonyl (C=O) groups is 2. The molecule has 0 radical (unpaired) electrons. The summed E-state index contributed by atoms with van der Waals surface area (Å²) in [4.78, 5) is 23.5. The molecule has 108 valence electrons. The summed E-state index contributed by atoms with van der Waals surface area (Å²) in [5, 5.41) is 21.0. The Morgan fingerprint density at radius 3 is 2.50 bits per heavy atom. The van der Waals surface area contributed by atoms with Crippen LogP contribution in [-0.2, 0) is 16.0 Å². The van der Waals surface area contributed by atoms with Crippen molar-refractivity contribution in [3.8, 4) is 0 Å². The van der Waals surface area contributed by atoms with Gasteiger partial charge in [-0.05, 0) is 5.56 Å². The maximum absolute atomic E-state index is 10.9. The SMILES string of the molecule is O=C(O)CC1CN(CC(=O)O)C(Cc2ccccc2)N1. The second kappa shape index (κ2) is 6.49. The number of hydrogen-bond acceptors (Lipinski definition) is 4. The molecule has 0 bridgehead atoms. The molecular formula is C14H18N2O4. The number of carboxylic acids is 2. The van der Waals surface area contributed by atoms with E-state index in [0.29, 0.717) is 13.0 Å². The van der Waals surface area contributed by atoms with Crippen molar-refractivity contribution in [2.45, 2.75) is 25.0 Å².